The van der Waals surface area contributed by atoms with Crippen LogP contribution in [0, 0.1) is 0 Å². The zero-order valence-corrected chi connectivity index (χ0v) is 15.4. The highest BCUT2D eigenvalue weighted by Crippen LogP contribution is 2.26. The maximum atomic E-state index is 12.4. The Kier molecular flexibility index (Phi) is 5.40. The minimum Gasteiger partial charge on any atom is -0.325 e. The van der Waals surface area contributed by atoms with Crippen molar-refractivity contribution < 1.29 is 4.79 Å². The van der Waals surface area contributed by atoms with Crippen molar-refractivity contribution in [2.45, 2.75) is 17.3 Å². The molecule has 0 aliphatic rings. The third-order valence-corrected chi connectivity index (χ3v) is 5.02. The van der Waals surface area contributed by atoms with Crippen molar-refractivity contribution in [1.29, 1.82) is 0 Å². The van der Waals surface area contributed by atoms with Crippen LogP contribution < -0.4 is 5.32 Å². The Balaban J connectivity index is 1.68. The van der Waals surface area contributed by atoms with Crippen molar-refractivity contribution in [3.05, 3.63) is 59.6 Å². The summed E-state index contributed by atoms with van der Waals surface area (Å²) in [4.78, 5) is 12.4. The summed E-state index contributed by atoms with van der Waals surface area (Å²) in [5.74, 6) is 0.671. The first-order valence-corrected chi connectivity index (χ1v) is 8.98. The number of carbonyl (C=O) groups excluding carboxylic acids is 1. The van der Waals surface area contributed by atoms with Gasteiger partial charge >= 0.3 is 0 Å². The molecule has 1 N–H and O–H groups in total. The van der Waals surface area contributed by atoms with Gasteiger partial charge in [-0.25, -0.2) is 0 Å². The average molecular weight is 373 g/mol. The molecule has 1 atom stereocenters. The van der Waals surface area contributed by atoms with E-state index in [1.165, 1.54) is 11.8 Å². The van der Waals surface area contributed by atoms with Crippen LogP contribution in [-0.2, 0) is 11.8 Å². The predicted molar refractivity (Wildman–Crippen MR) is 102 cm³/mol. The first kappa shape index (κ1) is 17.5. The van der Waals surface area contributed by atoms with E-state index in [9.17, 15) is 4.79 Å². The van der Waals surface area contributed by atoms with E-state index in [0.29, 0.717) is 15.9 Å². The van der Waals surface area contributed by atoms with Crippen LogP contribution in [0.5, 0.6) is 0 Å². The van der Waals surface area contributed by atoms with Gasteiger partial charge in [0.15, 0.2) is 11.0 Å². The molecule has 1 amide bonds. The molecule has 1 heterocycles. The number of nitrogens with one attached hydrogen (secondary N) is 1. The van der Waals surface area contributed by atoms with Crippen molar-refractivity contribution in [3.8, 4) is 11.4 Å². The minimum atomic E-state index is -0.317. The Bertz CT molecular complexity index is 865. The summed E-state index contributed by atoms with van der Waals surface area (Å²) in [6.45, 7) is 1.84. The van der Waals surface area contributed by atoms with Gasteiger partial charge in [-0.3, -0.25) is 4.79 Å². The molecule has 0 radical (unpaired) electrons. The van der Waals surface area contributed by atoms with Crippen LogP contribution in [0.2, 0.25) is 5.02 Å². The van der Waals surface area contributed by atoms with E-state index in [1.807, 2.05) is 48.9 Å². The molecule has 5 nitrogen and oxygen atoms in total. The van der Waals surface area contributed by atoms with Gasteiger partial charge in [-0.05, 0) is 31.2 Å². The Labute approximate surface area is 155 Å². The first-order valence-electron chi connectivity index (χ1n) is 7.72. The number of benzene rings is 2. The van der Waals surface area contributed by atoms with Gasteiger partial charge in [0.05, 0.1) is 5.25 Å². The molecule has 7 heteroatoms. The SMILES string of the molecule is C[C@@H](Sc1nnc(-c2ccccc2)n1C)C(=O)Nc1ccc(Cl)cc1. The lowest BCUT2D eigenvalue weighted by molar-refractivity contribution is -0.115. The van der Waals surface area contributed by atoms with Crippen LogP contribution >= 0.6 is 23.4 Å². The lowest BCUT2D eigenvalue weighted by atomic mass is 10.2. The smallest absolute Gasteiger partial charge is 0.237 e. The van der Waals surface area contributed by atoms with E-state index >= 15 is 0 Å². The highest BCUT2D eigenvalue weighted by Gasteiger charge is 2.19. The minimum absolute atomic E-state index is 0.100. The predicted octanol–water partition coefficient (Wildman–Crippen LogP) is 4.25. The molecular formula is C18H17ClN4OS. The van der Waals surface area contributed by atoms with Gasteiger partial charge in [-0.2, -0.15) is 0 Å². The summed E-state index contributed by atoms with van der Waals surface area (Å²) >= 11 is 7.22. The number of aromatic nitrogens is 3. The second-order valence-electron chi connectivity index (χ2n) is 5.49. The molecular weight excluding hydrogens is 356 g/mol. The monoisotopic (exact) mass is 372 g/mol. The molecule has 0 aliphatic carbocycles. The highest BCUT2D eigenvalue weighted by molar-refractivity contribution is 8.00. The zero-order chi connectivity index (χ0) is 17.8. The average Bonchev–Trinajstić information content (AvgIpc) is 2.98. The number of carbonyl (C=O) groups is 1. The van der Waals surface area contributed by atoms with E-state index in [4.69, 9.17) is 11.6 Å². The van der Waals surface area contributed by atoms with Crippen molar-refractivity contribution in [2.24, 2.45) is 7.05 Å². The quantitative estimate of drug-likeness (QED) is 0.680. The van der Waals surface area contributed by atoms with Gasteiger partial charge < -0.3 is 9.88 Å². The van der Waals surface area contributed by atoms with Crippen LogP contribution in [0.1, 0.15) is 6.92 Å². The Hall–Kier alpha value is -2.31. The molecule has 0 fully saturated rings. The maximum absolute atomic E-state index is 12.4. The number of rotatable bonds is 5. The molecule has 0 bridgehead atoms. The molecule has 0 saturated heterocycles. The van der Waals surface area contributed by atoms with E-state index in [0.717, 1.165) is 11.4 Å². The van der Waals surface area contributed by atoms with E-state index in [1.54, 1.807) is 24.3 Å². The Morgan fingerprint density at radius 3 is 2.48 bits per heavy atom. The maximum Gasteiger partial charge on any atom is 0.237 e. The lowest BCUT2D eigenvalue weighted by Crippen LogP contribution is -2.22. The van der Waals surface area contributed by atoms with Crippen molar-refractivity contribution in [2.75, 3.05) is 5.32 Å². The summed E-state index contributed by atoms with van der Waals surface area (Å²) in [6, 6.07) is 16.9. The molecule has 2 aromatic carbocycles. The van der Waals surface area contributed by atoms with E-state index < -0.39 is 0 Å². The van der Waals surface area contributed by atoms with Crippen LogP contribution in [-0.4, -0.2) is 25.9 Å². The standard InChI is InChI=1S/C18H17ClN4OS/c1-12(17(24)20-15-10-8-14(19)9-11-15)25-18-22-21-16(23(18)2)13-6-4-3-5-7-13/h3-12H,1-2H3,(H,20,24)/t12-/m1/s1. The number of anilines is 1. The number of amides is 1. The second kappa shape index (κ2) is 7.72. The molecule has 128 valence electrons. The number of halogens is 1. The fourth-order valence-corrected chi connectivity index (χ4v) is 3.19. The molecule has 3 aromatic rings. The van der Waals surface area contributed by atoms with Crippen molar-refractivity contribution >= 4 is 35.0 Å². The molecule has 0 aliphatic heterocycles. The number of nitrogens with zero attached hydrogens (tertiary/aromatic N) is 3. The van der Waals surface area contributed by atoms with Gasteiger partial charge in [0.2, 0.25) is 5.91 Å². The fourth-order valence-electron chi connectivity index (χ4n) is 2.24. The normalized spacial score (nSPS) is 12.0. The molecule has 0 unspecified atom stereocenters. The summed E-state index contributed by atoms with van der Waals surface area (Å²) in [5.41, 5.74) is 1.70. The number of hydrogen-bond acceptors (Lipinski definition) is 4. The van der Waals surface area contributed by atoms with E-state index in [2.05, 4.69) is 15.5 Å². The van der Waals surface area contributed by atoms with Gasteiger partial charge in [0.25, 0.3) is 0 Å². The summed E-state index contributed by atoms with van der Waals surface area (Å²) in [7, 11) is 1.90. The molecule has 0 spiro atoms. The topological polar surface area (TPSA) is 59.8 Å². The van der Waals surface area contributed by atoms with Crippen molar-refractivity contribution in [3.63, 3.8) is 0 Å². The first-order chi connectivity index (χ1) is 12.0. The Morgan fingerprint density at radius 1 is 1.12 bits per heavy atom. The third kappa shape index (κ3) is 4.21. The van der Waals surface area contributed by atoms with Gasteiger partial charge in [0, 0.05) is 23.3 Å². The van der Waals surface area contributed by atoms with Gasteiger partial charge in [-0.1, -0.05) is 53.7 Å². The zero-order valence-electron chi connectivity index (χ0n) is 13.8. The largest absolute Gasteiger partial charge is 0.325 e. The van der Waals surface area contributed by atoms with Crippen LogP contribution in [0.3, 0.4) is 0 Å². The number of hydrogen-bond donors (Lipinski definition) is 1. The second-order valence-corrected chi connectivity index (χ2v) is 7.23. The van der Waals surface area contributed by atoms with Gasteiger partial charge in [-0.15, -0.1) is 10.2 Å². The molecule has 1 aromatic heterocycles. The van der Waals surface area contributed by atoms with Crippen LogP contribution in [0.15, 0.2) is 59.8 Å². The Morgan fingerprint density at radius 2 is 1.80 bits per heavy atom. The van der Waals surface area contributed by atoms with Gasteiger partial charge in [0.1, 0.15) is 0 Å². The highest BCUT2D eigenvalue weighted by atomic mass is 35.5. The summed E-state index contributed by atoms with van der Waals surface area (Å²) in [5, 5.41) is 12.3. The molecule has 25 heavy (non-hydrogen) atoms. The summed E-state index contributed by atoms with van der Waals surface area (Å²) < 4.78 is 1.89. The van der Waals surface area contributed by atoms with Crippen LogP contribution in [0.4, 0.5) is 5.69 Å². The van der Waals surface area contributed by atoms with E-state index in [-0.39, 0.29) is 11.2 Å². The van der Waals surface area contributed by atoms with Crippen molar-refractivity contribution in [1.82, 2.24) is 14.8 Å². The fraction of sp³-hybridized carbons (Fsp3) is 0.167. The number of thioether (sulfide) groups is 1. The summed E-state index contributed by atoms with van der Waals surface area (Å²) in [6.07, 6.45) is 0. The molecule has 0 saturated carbocycles. The van der Waals surface area contributed by atoms with Crippen LogP contribution in [0.25, 0.3) is 11.4 Å². The lowest BCUT2D eigenvalue weighted by Gasteiger charge is -2.11. The molecule has 3 rings (SSSR count). The third-order valence-electron chi connectivity index (χ3n) is 3.63.